The van der Waals surface area contributed by atoms with Crippen molar-refractivity contribution in [3.05, 3.63) is 123 Å². The Morgan fingerprint density at radius 1 is 0.225 bits per heavy atom. The van der Waals surface area contributed by atoms with Crippen LogP contribution in [0.3, 0.4) is 0 Å². The lowest BCUT2D eigenvalue weighted by Crippen LogP contribution is -2.21. The van der Waals surface area contributed by atoms with Gasteiger partial charge in [-0.05, 0) is 0 Å². The largest absolute Gasteiger partial charge is 0.480 e. The third-order valence-corrected chi connectivity index (χ3v) is 13.2. The van der Waals surface area contributed by atoms with Crippen molar-refractivity contribution in [3.8, 4) is 138 Å². The summed E-state index contributed by atoms with van der Waals surface area (Å²) in [5.41, 5.74) is 5.99. The van der Waals surface area contributed by atoms with Gasteiger partial charge in [0, 0.05) is 145 Å². The maximum Gasteiger partial charge on any atom is 0.232 e. The lowest BCUT2D eigenvalue weighted by atomic mass is 9.83. The fourth-order valence-corrected chi connectivity index (χ4v) is 9.81. The van der Waals surface area contributed by atoms with Gasteiger partial charge in [-0.25, -0.2) is 37.5 Å². The first-order valence-electron chi connectivity index (χ1n) is 24.2. The Kier molecular flexibility index (Phi) is 11.7. The third kappa shape index (κ3) is 7.59. The van der Waals surface area contributed by atoms with Gasteiger partial charge in [0.1, 0.15) is 45.5 Å². The molecule has 28 heteroatoms. The number of hydrogen-bond acceptors (Lipinski definition) is 20. The van der Waals surface area contributed by atoms with Crippen LogP contribution in [0.5, 0.6) is 47.0 Å². The molecule has 0 unspecified atom stereocenters. The van der Waals surface area contributed by atoms with Crippen LogP contribution in [-0.2, 0) is 0 Å². The van der Waals surface area contributed by atoms with Crippen LogP contribution >= 0.6 is 0 Å². The van der Waals surface area contributed by atoms with Crippen molar-refractivity contribution >= 4 is 0 Å². The fourth-order valence-electron chi connectivity index (χ4n) is 9.81. The molecule has 80 heavy (non-hydrogen) atoms. The summed E-state index contributed by atoms with van der Waals surface area (Å²) in [6.45, 7) is 0. The molecule has 0 radical (unpaired) electrons. The molecular formula is C52H44N20O8. The first-order chi connectivity index (χ1) is 39.3. The molecule has 12 aromatic rings. The Morgan fingerprint density at radius 2 is 0.375 bits per heavy atom. The average molecular weight is 1080 g/mol. The van der Waals surface area contributed by atoms with Crippen LogP contribution in [0.15, 0.2) is 123 Å². The van der Waals surface area contributed by atoms with Gasteiger partial charge in [-0.15, -0.1) is 40.8 Å². The molecule has 28 nitrogen and oxygen atoms in total. The third-order valence-electron chi connectivity index (χ3n) is 13.2. The van der Waals surface area contributed by atoms with Crippen LogP contribution in [0.25, 0.3) is 90.5 Å². The maximum absolute atomic E-state index is 5.79. The Balaban J connectivity index is 1.34. The maximum atomic E-state index is 5.79. The Hall–Kier alpha value is -11.3. The standard InChI is InChI=1S/C52H44N20O8/c1-73-29-9-21-65(57-29)45-37-38(46(66-22-10-30(58-66)74-2)50(70-26-14-34(62-70)78-6)49(45)69-25-13-33(61-69)77-5)42-44(56-20-19-54-42)40-39(43-41(37)53-17-18-55-43)47(67-23-11-31(59-67)75-3)51(71-27-15-35(63-71)79-7)52(72-28-16-36(64-72)80-8)48(40)68-24-12-32(60-68)76-4/h9-28H,1-8H3. The Morgan fingerprint density at radius 3 is 0.512 bits per heavy atom. The number of methoxy groups -OCH3 is 8. The van der Waals surface area contributed by atoms with E-state index < -0.39 is 0 Å². The number of nitrogens with zero attached hydrogens (tertiary/aromatic N) is 20. The van der Waals surface area contributed by atoms with E-state index in [9.17, 15) is 0 Å². The lowest BCUT2D eigenvalue weighted by Gasteiger charge is -2.31. The molecule has 10 heterocycles. The van der Waals surface area contributed by atoms with E-state index in [4.69, 9.17) is 98.6 Å². The highest BCUT2D eigenvalue weighted by atomic mass is 16.5. The van der Waals surface area contributed by atoms with Gasteiger partial charge in [0.05, 0.1) is 79.7 Å². The zero-order chi connectivity index (χ0) is 54.8. The number of rotatable bonds is 16. The van der Waals surface area contributed by atoms with E-state index in [1.54, 1.807) is 160 Å². The molecule has 400 valence electrons. The van der Waals surface area contributed by atoms with Crippen LogP contribution in [0.1, 0.15) is 0 Å². The molecule has 1 aliphatic carbocycles. The van der Waals surface area contributed by atoms with Crippen molar-refractivity contribution in [3.63, 3.8) is 0 Å². The molecule has 0 aliphatic heterocycles. The molecular weight excluding hydrogens is 1030 g/mol. The van der Waals surface area contributed by atoms with Crippen molar-refractivity contribution in [2.75, 3.05) is 56.9 Å². The second-order valence-electron chi connectivity index (χ2n) is 17.2. The van der Waals surface area contributed by atoms with Crippen molar-refractivity contribution < 1.29 is 37.9 Å². The molecule has 0 saturated heterocycles. The lowest BCUT2D eigenvalue weighted by molar-refractivity contribution is 0.392. The van der Waals surface area contributed by atoms with E-state index in [2.05, 4.69) is 0 Å². The van der Waals surface area contributed by atoms with Crippen LogP contribution in [0.2, 0.25) is 0 Å². The minimum atomic E-state index is 0.290. The van der Waals surface area contributed by atoms with Crippen LogP contribution < -0.4 is 37.9 Å². The Labute approximate surface area is 452 Å². The summed E-state index contributed by atoms with van der Waals surface area (Å²) < 4.78 is 59.5. The monoisotopic (exact) mass is 1080 g/mol. The number of aromatic nitrogens is 20. The molecule has 2 aromatic carbocycles. The molecule has 0 saturated carbocycles. The van der Waals surface area contributed by atoms with E-state index in [-0.39, 0.29) is 23.5 Å². The second kappa shape index (κ2) is 19.4. The summed E-state index contributed by atoms with van der Waals surface area (Å²) in [5, 5.41) is 40.0. The quantitative estimate of drug-likeness (QED) is 0.111. The van der Waals surface area contributed by atoms with E-state index >= 15 is 0 Å². The van der Waals surface area contributed by atoms with Gasteiger partial charge in [0.15, 0.2) is 0 Å². The first-order valence-corrected chi connectivity index (χ1v) is 24.2. The van der Waals surface area contributed by atoms with E-state index in [0.29, 0.717) is 114 Å². The van der Waals surface area contributed by atoms with Crippen LogP contribution in [-0.4, -0.2) is 155 Å². The fraction of sp³-hybridized carbons (Fsp3) is 0.154. The molecule has 0 spiro atoms. The van der Waals surface area contributed by atoms with Crippen LogP contribution in [0.4, 0.5) is 0 Å². The minimum absolute atomic E-state index is 0.290. The molecule has 0 fully saturated rings. The highest BCUT2D eigenvalue weighted by Crippen LogP contribution is 2.57. The number of benzene rings is 2. The SMILES string of the molecule is COc1ccn(-c2c3c(c(-n4ccc(OC)n4)c(-n4ccc(OC)n4)c2-n2ccc(OC)n2)-c2nccnc2-c2c(c(-n4ccc(OC)n4)c(-n4ccc(OC)n4)c(-n4ccc(OC)n4)c2-n2ccc(OC)n2)-c2nccnc2-3)n1. The normalized spacial score (nSPS) is 11.5. The number of hydrogen-bond donors (Lipinski definition) is 0. The highest BCUT2D eigenvalue weighted by Gasteiger charge is 2.42. The Bertz CT molecular complexity index is 3770. The van der Waals surface area contributed by atoms with Gasteiger partial charge in [-0.3, -0.25) is 19.9 Å². The minimum Gasteiger partial charge on any atom is -0.480 e. The van der Waals surface area contributed by atoms with Gasteiger partial charge in [-0.1, -0.05) is 0 Å². The molecule has 13 rings (SSSR count). The average Bonchev–Trinajstić information content (AvgIpc) is 4.32. The summed E-state index contributed by atoms with van der Waals surface area (Å²) >= 11 is 0. The van der Waals surface area contributed by atoms with Crippen LogP contribution in [0, 0.1) is 0 Å². The summed E-state index contributed by atoms with van der Waals surface area (Å²) in [7, 11) is 12.3. The zero-order valence-electron chi connectivity index (χ0n) is 43.8. The number of ether oxygens (including phenoxy) is 8. The van der Waals surface area contributed by atoms with Gasteiger partial charge in [-0.2, -0.15) is 0 Å². The van der Waals surface area contributed by atoms with Crippen molar-refractivity contribution in [2.24, 2.45) is 0 Å². The van der Waals surface area contributed by atoms with Gasteiger partial charge >= 0.3 is 0 Å². The topological polar surface area (TPSA) is 268 Å². The van der Waals surface area contributed by atoms with Crippen molar-refractivity contribution in [2.45, 2.75) is 0 Å². The number of fused-ring (bicyclic) bond motifs is 8. The van der Waals surface area contributed by atoms with Gasteiger partial charge < -0.3 is 37.9 Å². The predicted molar refractivity (Wildman–Crippen MR) is 282 cm³/mol. The van der Waals surface area contributed by atoms with Gasteiger partial charge in [0.2, 0.25) is 47.0 Å². The summed E-state index contributed by atoms with van der Waals surface area (Å²) in [6.07, 6.45) is 20.5. The molecule has 1 aliphatic rings. The van der Waals surface area contributed by atoms with Crippen molar-refractivity contribution in [1.29, 1.82) is 0 Å². The van der Waals surface area contributed by atoms with E-state index in [1.165, 1.54) is 56.9 Å². The second-order valence-corrected chi connectivity index (χ2v) is 17.2. The molecule has 0 amide bonds. The molecule has 0 N–H and O–H groups in total. The van der Waals surface area contributed by atoms with E-state index in [0.717, 1.165) is 0 Å². The summed E-state index contributed by atoms with van der Waals surface area (Å²) in [4.78, 5) is 21.5. The van der Waals surface area contributed by atoms with E-state index in [1.807, 2.05) is 0 Å². The van der Waals surface area contributed by atoms with Gasteiger partial charge in [0.25, 0.3) is 0 Å². The first kappa shape index (κ1) is 48.3. The summed E-state index contributed by atoms with van der Waals surface area (Å²) in [5.74, 6) is 2.35. The summed E-state index contributed by atoms with van der Waals surface area (Å²) in [6, 6.07) is 13.9. The zero-order valence-corrected chi connectivity index (χ0v) is 43.8. The highest BCUT2D eigenvalue weighted by molar-refractivity contribution is 6.11. The smallest absolute Gasteiger partial charge is 0.232 e. The predicted octanol–water partition coefficient (Wildman–Crippen LogP) is 5.80. The molecule has 0 bridgehead atoms. The molecule has 0 atom stereocenters. The van der Waals surface area contributed by atoms with Crippen molar-refractivity contribution in [1.82, 2.24) is 98.2 Å². The molecule has 10 aromatic heterocycles.